The highest BCUT2D eigenvalue weighted by atomic mass is 19.1. The average Bonchev–Trinajstić information content (AvgIpc) is 2.82. The summed E-state index contributed by atoms with van der Waals surface area (Å²) in [6.45, 7) is 0.237. The van der Waals surface area contributed by atoms with E-state index >= 15 is 0 Å². The zero-order valence-corrected chi connectivity index (χ0v) is 18.5. The molecule has 3 amide bonds. The van der Waals surface area contributed by atoms with Crippen molar-refractivity contribution in [3.05, 3.63) is 59.4 Å². The Morgan fingerprint density at radius 1 is 1.15 bits per heavy atom. The average molecular weight is 455 g/mol. The number of ether oxygens (including phenoxy) is 2. The Kier molecular flexibility index (Phi) is 6.60. The van der Waals surface area contributed by atoms with Crippen molar-refractivity contribution < 1.29 is 28.2 Å². The molecule has 0 unspecified atom stereocenters. The van der Waals surface area contributed by atoms with Gasteiger partial charge in [0.1, 0.15) is 24.3 Å². The molecule has 1 fully saturated rings. The Morgan fingerprint density at radius 3 is 2.64 bits per heavy atom. The SMILES string of the molecule is CNC(=O)C[C@@H]1CC[C@H]2[C@H](COc3ccc(NC(=O)c4ccc(F)cc4)cc3C(=O)N2C)O1. The summed E-state index contributed by atoms with van der Waals surface area (Å²) >= 11 is 0. The monoisotopic (exact) mass is 455 g/mol. The Bertz CT molecular complexity index is 1060. The number of anilines is 1. The van der Waals surface area contributed by atoms with E-state index in [2.05, 4.69) is 10.6 Å². The van der Waals surface area contributed by atoms with Crippen LogP contribution in [-0.4, -0.2) is 61.6 Å². The topological polar surface area (TPSA) is 97.0 Å². The smallest absolute Gasteiger partial charge is 0.257 e. The Morgan fingerprint density at radius 2 is 1.91 bits per heavy atom. The number of rotatable bonds is 4. The van der Waals surface area contributed by atoms with Crippen molar-refractivity contribution in [2.24, 2.45) is 0 Å². The van der Waals surface area contributed by atoms with E-state index in [0.29, 0.717) is 35.4 Å². The number of nitrogens with zero attached hydrogens (tertiary/aromatic N) is 1. The molecule has 2 aromatic rings. The second-order valence-corrected chi connectivity index (χ2v) is 8.22. The largest absolute Gasteiger partial charge is 0.490 e. The minimum Gasteiger partial charge on any atom is -0.490 e. The van der Waals surface area contributed by atoms with Gasteiger partial charge in [-0.3, -0.25) is 14.4 Å². The van der Waals surface area contributed by atoms with Gasteiger partial charge in [-0.25, -0.2) is 4.39 Å². The number of fused-ring (bicyclic) bond motifs is 2. The molecule has 9 heteroatoms. The number of hydrogen-bond acceptors (Lipinski definition) is 5. The van der Waals surface area contributed by atoms with Gasteiger partial charge in [0, 0.05) is 25.3 Å². The minimum absolute atomic E-state index is 0.0878. The summed E-state index contributed by atoms with van der Waals surface area (Å²) in [6, 6.07) is 9.86. The third-order valence-electron chi connectivity index (χ3n) is 6.07. The van der Waals surface area contributed by atoms with E-state index in [4.69, 9.17) is 9.47 Å². The number of likely N-dealkylation sites (N-methyl/N-ethyl adjacent to an activating group) is 1. The lowest BCUT2D eigenvalue weighted by molar-refractivity contribution is -0.133. The van der Waals surface area contributed by atoms with E-state index in [1.165, 1.54) is 24.3 Å². The highest BCUT2D eigenvalue weighted by Crippen LogP contribution is 2.32. The number of hydrogen-bond donors (Lipinski definition) is 2. The zero-order valence-electron chi connectivity index (χ0n) is 18.5. The summed E-state index contributed by atoms with van der Waals surface area (Å²) < 4.78 is 25.1. The lowest BCUT2D eigenvalue weighted by Crippen LogP contribution is -2.53. The molecule has 8 nitrogen and oxygen atoms in total. The van der Waals surface area contributed by atoms with Crippen molar-refractivity contribution in [1.82, 2.24) is 10.2 Å². The van der Waals surface area contributed by atoms with Crippen LogP contribution in [0.5, 0.6) is 5.75 Å². The molecular weight excluding hydrogens is 429 g/mol. The number of nitrogens with one attached hydrogen (secondary N) is 2. The maximum atomic E-state index is 13.3. The van der Waals surface area contributed by atoms with Crippen LogP contribution in [0, 0.1) is 5.82 Å². The minimum atomic E-state index is -0.427. The summed E-state index contributed by atoms with van der Waals surface area (Å²) in [5, 5.41) is 5.34. The molecule has 174 valence electrons. The van der Waals surface area contributed by atoms with Gasteiger partial charge < -0.3 is 25.0 Å². The van der Waals surface area contributed by atoms with Gasteiger partial charge >= 0.3 is 0 Å². The molecule has 0 aromatic heterocycles. The molecule has 2 heterocycles. The fourth-order valence-corrected chi connectivity index (χ4v) is 4.22. The van der Waals surface area contributed by atoms with E-state index < -0.39 is 11.7 Å². The third-order valence-corrected chi connectivity index (χ3v) is 6.07. The van der Waals surface area contributed by atoms with E-state index in [-0.39, 0.29) is 43.1 Å². The quantitative estimate of drug-likeness (QED) is 0.739. The van der Waals surface area contributed by atoms with Crippen LogP contribution in [0.1, 0.15) is 40.0 Å². The molecule has 0 radical (unpaired) electrons. The summed E-state index contributed by atoms with van der Waals surface area (Å²) in [5.41, 5.74) is 1.06. The molecule has 2 aliphatic rings. The molecule has 0 aliphatic carbocycles. The highest BCUT2D eigenvalue weighted by Gasteiger charge is 2.39. The van der Waals surface area contributed by atoms with Gasteiger partial charge in [-0.1, -0.05) is 0 Å². The van der Waals surface area contributed by atoms with Crippen LogP contribution in [0.2, 0.25) is 0 Å². The molecule has 4 rings (SSSR count). The van der Waals surface area contributed by atoms with Gasteiger partial charge in [0.25, 0.3) is 11.8 Å². The molecule has 3 atom stereocenters. The van der Waals surface area contributed by atoms with Crippen molar-refractivity contribution in [2.75, 3.05) is 26.0 Å². The van der Waals surface area contributed by atoms with Gasteiger partial charge in [0.2, 0.25) is 5.91 Å². The zero-order chi connectivity index (χ0) is 23.5. The number of amides is 3. The second kappa shape index (κ2) is 9.58. The normalized spacial score (nSPS) is 22.2. The van der Waals surface area contributed by atoms with E-state index in [0.717, 1.165) is 0 Å². The summed E-state index contributed by atoms with van der Waals surface area (Å²) in [5.74, 6) is -0.781. The Hall–Kier alpha value is -3.46. The van der Waals surface area contributed by atoms with Gasteiger partial charge in [0.05, 0.1) is 24.1 Å². The van der Waals surface area contributed by atoms with Crippen LogP contribution in [0.15, 0.2) is 42.5 Å². The standard InChI is InChI=1S/C24H26FN3O5/c1-26-22(29)12-17-8-9-19-21(33-17)13-32-20-10-7-16(11-18(20)24(31)28(19)2)27-23(30)14-3-5-15(25)6-4-14/h3-7,10-11,17,19,21H,8-9,12-13H2,1-2H3,(H,26,29)(H,27,30)/t17-,19-,21-/m0/s1. The van der Waals surface area contributed by atoms with Crippen molar-refractivity contribution >= 4 is 23.4 Å². The fourth-order valence-electron chi connectivity index (χ4n) is 4.22. The van der Waals surface area contributed by atoms with Gasteiger partial charge in [-0.15, -0.1) is 0 Å². The Labute approximate surface area is 191 Å². The number of carbonyl (C=O) groups excluding carboxylic acids is 3. The number of halogens is 1. The van der Waals surface area contributed by atoms with E-state index in [1.807, 2.05) is 0 Å². The van der Waals surface area contributed by atoms with Crippen LogP contribution >= 0.6 is 0 Å². The first-order chi connectivity index (χ1) is 15.9. The Balaban J connectivity index is 1.51. The molecule has 2 N–H and O–H groups in total. The van der Waals surface area contributed by atoms with E-state index in [9.17, 15) is 18.8 Å². The predicted octanol–water partition coefficient (Wildman–Crippen LogP) is 2.59. The molecule has 33 heavy (non-hydrogen) atoms. The van der Waals surface area contributed by atoms with Crippen LogP contribution in [0.3, 0.4) is 0 Å². The third kappa shape index (κ3) is 4.98. The van der Waals surface area contributed by atoms with E-state index in [1.54, 1.807) is 37.2 Å². The molecule has 2 aromatic carbocycles. The van der Waals surface area contributed by atoms with Crippen molar-refractivity contribution in [1.29, 1.82) is 0 Å². The molecule has 0 saturated carbocycles. The fraction of sp³-hybridized carbons (Fsp3) is 0.375. The molecule has 0 bridgehead atoms. The van der Waals surface area contributed by atoms with Gasteiger partial charge in [0.15, 0.2) is 0 Å². The lowest BCUT2D eigenvalue weighted by Gasteiger charge is -2.42. The van der Waals surface area contributed by atoms with Crippen molar-refractivity contribution in [3.8, 4) is 5.75 Å². The number of benzene rings is 2. The second-order valence-electron chi connectivity index (χ2n) is 8.22. The highest BCUT2D eigenvalue weighted by molar-refractivity contribution is 6.05. The summed E-state index contributed by atoms with van der Waals surface area (Å²) in [6.07, 6.45) is 1.04. The van der Waals surface area contributed by atoms with Crippen LogP contribution in [0.25, 0.3) is 0 Å². The molecule has 1 saturated heterocycles. The first-order valence-corrected chi connectivity index (χ1v) is 10.8. The van der Waals surface area contributed by atoms with Crippen molar-refractivity contribution in [3.63, 3.8) is 0 Å². The molecular formula is C24H26FN3O5. The van der Waals surface area contributed by atoms with Crippen molar-refractivity contribution in [2.45, 2.75) is 37.5 Å². The summed E-state index contributed by atoms with van der Waals surface area (Å²) in [7, 11) is 3.31. The maximum absolute atomic E-state index is 13.3. The molecule has 0 spiro atoms. The van der Waals surface area contributed by atoms with Crippen LogP contribution in [-0.2, 0) is 9.53 Å². The predicted molar refractivity (Wildman–Crippen MR) is 119 cm³/mol. The molecule has 2 aliphatic heterocycles. The first kappa shape index (κ1) is 22.7. The number of carbonyl (C=O) groups is 3. The lowest BCUT2D eigenvalue weighted by atomic mass is 9.94. The van der Waals surface area contributed by atoms with Crippen LogP contribution in [0.4, 0.5) is 10.1 Å². The van der Waals surface area contributed by atoms with Gasteiger partial charge in [-0.2, -0.15) is 0 Å². The summed E-state index contributed by atoms with van der Waals surface area (Å²) in [4.78, 5) is 39.1. The maximum Gasteiger partial charge on any atom is 0.257 e. The van der Waals surface area contributed by atoms with Gasteiger partial charge in [-0.05, 0) is 55.3 Å². The van der Waals surface area contributed by atoms with Crippen LogP contribution < -0.4 is 15.4 Å². The first-order valence-electron chi connectivity index (χ1n) is 10.8.